The Morgan fingerprint density at radius 1 is 0.793 bits per heavy atom. The number of amides is 1. The summed E-state index contributed by atoms with van der Waals surface area (Å²) < 4.78 is 21.3. The van der Waals surface area contributed by atoms with E-state index >= 15 is 0 Å². The fourth-order valence-electron chi connectivity index (χ4n) is 2.64. The van der Waals surface area contributed by atoms with E-state index in [4.69, 9.17) is 30.5 Å². The van der Waals surface area contributed by atoms with Gasteiger partial charge in [-0.1, -0.05) is 11.6 Å². The maximum absolute atomic E-state index is 12.6. The van der Waals surface area contributed by atoms with E-state index in [0.717, 1.165) is 5.75 Å². The second kappa shape index (κ2) is 9.21. The minimum Gasteiger partial charge on any atom is -0.497 e. The van der Waals surface area contributed by atoms with Crippen molar-refractivity contribution in [2.24, 2.45) is 0 Å². The van der Waals surface area contributed by atoms with Crippen LogP contribution in [0.3, 0.4) is 0 Å². The minimum absolute atomic E-state index is 0.292. The Morgan fingerprint density at radius 3 is 1.93 bits per heavy atom. The summed E-state index contributed by atoms with van der Waals surface area (Å²) in [6.45, 7) is 0. The number of nitrogens with one attached hydrogen (secondary N) is 1. The molecule has 29 heavy (non-hydrogen) atoms. The number of halogens is 1. The van der Waals surface area contributed by atoms with Gasteiger partial charge in [-0.05, 0) is 60.7 Å². The lowest BCUT2D eigenvalue weighted by Crippen LogP contribution is -2.12. The molecule has 0 atom stereocenters. The highest BCUT2D eigenvalue weighted by molar-refractivity contribution is 6.32. The second-order valence-corrected chi connectivity index (χ2v) is 6.36. The molecule has 3 rings (SSSR count). The Kier molecular flexibility index (Phi) is 6.46. The molecule has 0 unspecified atom stereocenters. The molecule has 0 saturated heterocycles. The Balaban J connectivity index is 1.69. The maximum Gasteiger partial charge on any atom is 0.255 e. The van der Waals surface area contributed by atoms with Crippen LogP contribution in [-0.4, -0.2) is 27.2 Å². The molecule has 0 aliphatic rings. The molecule has 0 bridgehead atoms. The molecule has 0 spiro atoms. The highest BCUT2D eigenvalue weighted by atomic mass is 35.5. The number of carbonyl (C=O) groups excluding carboxylic acids is 1. The number of anilines is 1. The van der Waals surface area contributed by atoms with Gasteiger partial charge < -0.3 is 24.3 Å². The van der Waals surface area contributed by atoms with Crippen LogP contribution in [-0.2, 0) is 0 Å². The van der Waals surface area contributed by atoms with Gasteiger partial charge in [0.05, 0.1) is 26.4 Å². The van der Waals surface area contributed by atoms with Crippen LogP contribution in [0.15, 0.2) is 60.7 Å². The molecule has 1 amide bonds. The second-order valence-electron chi connectivity index (χ2n) is 5.95. The Hall–Kier alpha value is -3.38. The summed E-state index contributed by atoms with van der Waals surface area (Å²) in [5.74, 6) is 2.52. The first kappa shape index (κ1) is 20.4. The van der Waals surface area contributed by atoms with E-state index in [9.17, 15) is 4.79 Å². The first-order valence-electron chi connectivity index (χ1n) is 8.69. The van der Waals surface area contributed by atoms with Crippen LogP contribution in [0.25, 0.3) is 0 Å². The molecular weight excluding hydrogens is 394 g/mol. The maximum atomic E-state index is 12.6. The predicted octanol–water partition coefficient (Wildman–Crippen LogP) is 5.41. The number of hydrogen-bond donors (Lipinski definition) is 1. The highest BCUT2D eigenvalue weighted by Crippen LogP contribution is 2.36. The molecule has 0 aliphatic carbocycles. The molecule has 0 aromatic heterocycles. The topological polar surface area (TPSA) is 66.0 Å². The molecule has 7 heteroatoms. The predicted molar refractivity (Wildman–Crippen MR) is 112 cm³/mol. The van der Waals surface area contributed by atoms with Crippen molar-refractivity contribution < 1.29 is 23.7 Å². The van der Waals surface area contributed by atoms with Crippen molar-refractivity contribution >= 4 is 23.2 Å². The number of ether oxygens (including phenoxy) is 4. The molecule has 150 valence electrons. The Bertz CT molecular complexity index is 987. The number of benzene rings is 3. The molecule has 3 aromatic carbocycles. The lowest BCUT2D eigenvalue weighted by atomic mass is 10.1. The van der Waals surface area contributed by atoms with Crippen LogP contribution in [0.1, 0.15) is 10.4 Å². The third-order valence-electron chi connectivity index (χ3n) is 4.10. The third kappa shape index (κ3) is 4.92. The van der Waals surface area contributed by atoms with Gasteiger partial charge in [0.2, 0.25) is 0 Å². The number of methoxy groups -OCH3 is 3. The van der Waals surface area contributed by atoms with E-state index in [-0.39, 0.29) is 5.91 Å². The fraction of sp³-hybridized carbons (Fsp3) is 0.136. The average Bonchev–Trinajstić information content (AvgIpc) is 2.75. The van der Waals surface area contributed by atoms with Crippen LogP contribution in [0.4, 0.5) is 5.69 Å². The number of carbonyl (C=O) groups is 1. The van der Waals surface area contributed by atoms with Gasteiger partial charge in [0, 0.05) is 11.3 Å². The van der Waals surface area contributed by atoms with Gasteiger partial charge in [-0.25, -0.2) is 0 Å². The zero-order chi connectivity index (χ0) is 20.8. The highest BCUT2D eigenvalue weighted by Gasteiger charge is 2.15. The summed E-state index contributed by atoms with van der Waals surface area (Å²) in [6.07, 6.45) is 0. The lowest BCUT2D eigenvalue weighted by molar-refractivity contribution is 0.102. The van der Waals surface area contributed by atoms with Crippen molar-refractivity contribution in [3.05, 3.63) is 71.2 Å². The Labute approximate surface area is 173 Å². The molecule has 6 nitrogen and oxygen atoms in total. The van der Waals surface area contributed by atoms with Crippen LogP contribution in [0.2, 0.25) is 5.02 Å². The first-order valence-corrected chi connectivity index (χ1v) is 9.06. The van der Waals surface area contributed by atoms with E-state index < -0.39 is 0 Å². The molecule has 0 aliphatic heterocycles. The van der Waals surface area contributed by atoms with Crippen LogP contribution >= 0.6 is 11.6 Å². The van der Waals surface area contributed by atoms with E-state index in [0.29, 0.717) is 39.3 Å². The summed E-state index contributed by atoms with van der Waals surface area (Å²) in [5, 5.41) is 3.11. The van der Waals surface area contributed by atoms with Crippen molar-refractivity contribution in [2.45, 2.75) is 0 Å². The van der Waals surface area contributed by atoms with Gasteiger partial charge >= 0.3 is 0 Å². The van der Waals surface area contributed by atoms with Crippen molar-refractivity contribution in [1.29, 1.82) is 0 Å². The van der Waals surface area contributed by atoms with Crippen LogP contribution in [0.5, 0.6) is 28.7 Å². The van der Waals surface area contributed by atoms with Crippen molar-refractivity contribution in [3.63, 3.8) is 0 Å². The Morgan fingerprint density at radius 2 is 1.38 bits per heavy atom. The number of hydrogen-bond acceptors (Lipinski definition) is 5. The molecule has 0 radical (unpaired) electrons. The van der Waals surface area contributed by atoms with Gasteiger partial charge in [-0.15, -0.1) is 0 Å². The van der Waals surface area contributed by atoms with Gasteiger partial charge in [0.25, 0.3) is 5.91 Å². The SMILES string of the molecule is COc1ccc(Oc2ccc(NC(=O)c3cc(Cl)c(OC)c(OC)c3)cc2)cc1. The van der Waals surface area contributed by atoms with E-state index in [2.05, 4.69) is 5.32 Å². The quantitative estimate of drug-likeness (QED) is 0.561. The van der Waals surface area contributed by atoms with E-state index in [1.54, 1.807) is 37.4 Å². The smallest absolute Gasteiger partial charge is 0.255 e. The monoisotopic (exact) mass is 413 g/mol. The molecule has 1 N–H and O–H groups in total. The van der Waals surface area contributed by atoms with Gasteiger partial charge in [0.15, 0.2) is 11.5 Å². The minimum atomic E-state index is -0.323. The molecule has 3 aromatic rings. The van der Waals surface area contributed by atoms with Crippen molar-refractivity contribution in [3.8, 4) is 28.7 Å². The van der Waals surface area contributed by atoms with E-state index in [1.165, 1.54) is 20.3 Å². The summed E-state index contributed by atoms with van der Waals surface area (Å²) in [4.78, 5) is 12.6. The largest absolute Gasteiger partial charge is 0.497 e. The summed E-state index contributed by atoms with van der Waals surface area (Å²) in [5.41, 5.74) is 0.967. The first-order chi connectivity index (χ1) is 14.0. The van der Waals surface area contributed by atoms with Crippen LogP contribution < -0.4 is 24.3 Å². The van der Waals surface area contributed by atoms with Crippen molar-refractivity contribution in [1.82, 2.24) is 0 Å². The van der Waals surface area contributed by atoms with Gasteiger partial charge in [-0.2, -0.15) is 0 Å². The van der Waals surface area contributed by atoms with E-state index in [1.807, 2.05) is 24.3 Å². The zero-order valence-corrected chi connectivity index (χ0v) is 16.9. The summed E-state index contributed by atoms with van der Waals surface area (Å²) >= 11 is 6.17. The molecular formula is C22H20ClNO5. The molecule has 0 fully saturated rings. The van der Waals surface area contributed by atoms with Crippen LogP contribution in [0, 0.1) is 0 Å². The zero-order valence-electron chi connectivity index (χ0n) is 16.2. The molecule has 0 heterocycles. The normalized spacial score (nSPS) is 10.2. The summed E-state index contributed by atoms with van der Waals surface area (Å²) in [7, 11) is 4.58. The molecule has 0 saturated carbocycles. The standard InChI is InChI=1S/C22H20ClNO5/c1-26-16-8-10-18(11-9-16)29-17-6-4-15(5-7-17)24-22(25)14-12-19(23)21(28-3)20(13-14)27-2/h4-13H,1-3H3,(H,24,25). The fourth-order valence-corrected chi connectivity index (χ4v) is 2.93. The summed E-state index contributed by atoms with van der Waals surface area (Å²) in [6, 6.07) is 17.4. The number of rotatable bonds is 7. The van der Waals surface area contributed by atoms with Crippen molar-refractivity contribution in [2.75, 3.05) is 26.6 Å². The van der Waals surface area contributed by atoms with Gasteiger partial charge in [-0.3, -0.25) is 4.79 Å². The van der Waals surface area contributed by atoms with Gasteiger partial charge in [0.1, 0.15) is 17.2 Å². The lowest BCUT2D eigenvalue weighted by Gasteiger charge is -2.12. The third-order valence-corrected chi connectivity index (χ3v) is 4.38. The average molecular weight is 414 g/mol.